The molecular weight excluding hydrogens is 136 g/mol. The maximum absolute atomic E-state index is 8.89. The molecule has 0 aliphatic heterocycles. The Hall–Kier alpha value is -0.560. The molecule has 0 aromatic heterocycles. The first-order valence-corrected chi connectivity index (χ1v) is 4.21. The molecule has 0 saturated heterocycles. The van der Waals surface area contributed by atoms with E-state index in [0.717, 1.165) is 12.8 Å². The molecule has 1 nitrogen and oxygen atoms in total. The van der Waals surface area contributed by atoms with Crippen LogP contribution in [0, 0.1) is 5.92 Å². The van der Waals surface area contributed by atoms with E-state index in [2.05, 4.69) is 26.0 Å². The van der Waals surface area contributed by atoms with Crippen LogP contribution in [0.5, 0.6) is 0 Å². The third-order valence-electron chi connectivity index (χ3n) is 2.30. The van der Waals surface area contributed by atoms with Crippen molar-refractivity contribution in [2.24, 2.45) is 5.92 Å². The number of hydrogen-bond donors (Lipinski definition) is 1. The predicted octanol–water partition coefficient (Wildman–Crippen LogP) is 2.28. The van der Waals surface area contributed by atoms with E-state index in [9.17, 15) is 0 Å². The van der Waals surface area contributed by atoms with Crippen LogP contribution in [0.1, 0.15) is 26.7 Å². The fourth-order valence-corrected chi connectivity index (χ4v) is 1.29. The van der Waals surface area contributed by atoms with Crippen molar-refractivity contribution < 1.29 is 5.11 Å². The van der Waals surface area contributed by atoms with Gasteiger partial charge in [0.1, 0.15) is 0 Å². The predicted molar refractivity (Wildman–Crippen MR) is 47.3 cm³/mol. The Morgan fingerprint density at radius 2 is 2.18 bits per heavy atom. The summed E-state index contributed by atoms with van der Waals surface area (Å²) in [5, 5.41) is 8.89. The van der Waals surface area contributed by atoms with Gasteiger partial charge in [0, 0.05) is 12.5 Å². The lowest BCUT2D eigenvalue weighted by molar-refractivity contribution is 0.253. The van der Waals surface area contributed by atoms with Crippen molar-refractivity contribution in [2.75, 3.05) is 6.61 Å². The molecule has 0 aromatic carbocycles. The zero-order valence-corrected chi connectivity index (χ0v) is 7.30. The van der Waals surface area contributed by atoms with Crippen LogP contribution < -0.4 is 0 Å². The summed E-state index contributed by atoms with van der Waals surface area (Å²) in [5.41, 5.74) is 2.83. The molecule has 1 N–H and O–H groups in total. The number of rotatable bonds is 2. The largest absolute Gasteiger partial charge is 0.396 e. The lowest BCUT2D eigenvalue weighted by atomic mass is 9.91. The Morgan fingerprint density at radius 1 is 1.45 bits per heavy atom. The van der Waals surface area contributed by atoms with Crippen molar-refractivity contribution in [3.05, 3.63) is 23.3 Å². The van der Waals surface area contributed by atoms with E-state index in [4.69, 9.17) is 5.11 Å². The molecule has 0 bridgehead atoms. The number of hydrogen-bond acceptors (Lipinski definition) is 1. The van der Waals surface area contributed by atoms with Gasteiger partial charge in [-0.05, 0) is 19.8 Å². The molecule has 0 unspecified atom stereocenters. The second-order valence-electron chi connectivity index (χ2n) is 3.34. The van der Waals surface area contributed by atoms with Crippen LogP contribution >= 0.6 is 0 Å². The van der Waals surface area contributed by atoms with Gasteiger partial charge in [-0.1, -0.05) is 30.2 Å². The van der Waals surface area contributed by atoms with Crippen LogP contribution in [0.4, 0.5) is 0 Å². The van der Waals surface area contributed by atoms with E-state index < -0.39 is 0 Å². The molecule has 11 heavy (non-hydrogen) atoms. The zero-order chi connectivity index (χ0) is 8.27. The standard InChI is InChI=1S/C10H16O/c1-8-3-5-10(6-4-8)9(2)7-11/h3,5,9,11H,4,6-7H2,1-2H3/t9-/m1/s1. The zero-order valence-electron chi connectivity index (χ0n) is 7.30. The highest BCUT2D eigenvalue weighted by Crippen LogP contribution is 2.23. The summed E-state index contributed by atoms with van der Waals surface area (Å²) < 4.78 is 0. The maximum Gasteiger partial charge on any atom is 0.0493 e. The van der Waals surface area contributed by atoms with E-state index in [0.29, 0.717) is 5.92 Å². The second-order valence-corrected chi connectivity index (χ2v) is 3.34. The van der Waals surface area contributed by atoms with Crippen molar-refractivity contribution in [3.63, 3.8) is 0 Å². The van der Waals surface area contributed by atoms with Gasteiger partial charge in [-0.3, -0.25) is 0 Å². The summed E-state index contributed by atoms with van der Waals surface area (Å²) in [4.78, 5) is 0. The second kappa shape index (κ2) is 3.72. The third-order valence-corrected chi connectivity index (χ3v) is 2.30. The van der Waals surface area contributed by atoms with Crippen molar-refractivity contribution in [3.8, 4) is 0 Å². The molecule has 0 aromatic rings. The number of aliphatic hydroxyl groups excluding tert-OH is 1. The molecule has 1 aliphatic carbocycles. The quantitative estimate of drug-likeness (QED) is 0.643. The molecular formula is C10H16O. The molecule has 0 fully saturated rings. The normalized spacial score (nSPS) is 20.6. The summed E-state index contributed by atoms with van der Waals surface area (Å²) in [5.74, 6) is 0.347. The van der Waals surface area contributed by atoms with Crippen LogP contribution in [0.2, 0.25) is 0 Å². The van der Waals surface area contributed by atoms with Crippen LogP contribution in [0.15, 0.2) is 23.3 Å². The highest BCUT2D eigenvalue weighted by molar-refractivity contribution is 5.24. The fraction of sp³-hybridized carbons (Fsp3) is 0.600. The van der Waals surface area contributed by atoms with Crippen molar-refractivity contribution in [1.29, 1.82) is 0 Å². The van der Waals surface area contributed by atoms with Gasteiger partial charge in [0.15, 0.2) is 0 Å². The van der Waals surface area contributed by atoms with Gasteiger partial charge >= 0.3 is 0 Å². The monoisotopic (exact) mass is 152 g/mol. The molecule has 1 aliphatic rings. The van der Waals surface area contributed by atoms with Crippen LogP contribution in [-0.4, -0.2) is 11.7 Å². The van der Waals surface area contributed by atoms with E-state index in [-0.39, 0.29) is 6.61 Å². The van der Waals surface area contributed by atoms with Gasteiger partial charge in [0.2, 0.25) is 0 Å². The van der Waals surface area contributed by atoms with Gasteiger partial charge in [0.05, 0.1) is 0 Å². The van der Waals surface area contributed by atoms with Gasteiger partial charge in [0.25, 0.3) is 0 Å². The minimum absolute atomic E-state index is 0.277. The lowest BCUT2D eigenvalue weighted by Gasteiger charge is -2.16. The first-order valence-electron chi connectivity index (χ1n) is 4.21. The fourth-order valence-electron chi connectivity index (χ4n) is 1.29. The van der Waals surface area contributed by atoms with Crippen LogP contribution in [0.3, 0.4) is 0 Å². The molecule has 1 rings (SSSR count). The summed E-state index contributed by atoms with van der Waals surface area (Å²) in [6.45, 7) is 4.50. The molecule has 0 amide bonds. The van der Waals surface area contributed by atoms with E-state index in [1.165, 1.54) is 11.1 Å². The van der Waals surface area contributed by atoms with Gasteiger partial charge < -0.3 is 5.11 Å². The van der Waals surface area contributed by atoms with Crippen molar-refractivity contribution in [1.82, 2.24) is 0 Å². The summed E-state index contributed by atoms with van der Waals surface area (Å²) in [6.07, 6.45) is 6.60. The third kappa shape index (κ3) is 2.19. The average molecular weight is 152 g/mol. The Bertz CT molecular complexity index is 189. The average Bonchev–Trinajstić information content (AvgIpc) is 2.05. The minimum atomic E-state index is 0.277. The Kier molecular flexibility index (Phi) is 2.89. The van der Waals surface area contributed by atoms with Crippen molar-refractivity contribution in [2.45, 2.75) is 26.7 Å². The van der Waals surface area contributed by atoms with Gasteiger partial charge in [-0.2, -0.15) is 0 Å². The molecule has 1 atom stereocenters. The number of aliphatic hydroxyl groups is 1. The van der Waals surface area contributed by atoms with Crippen LogP contribution in [-0.2, 0) is 0 Å². The maximum atomic E-state index is 8.89. The first-order chi connectivity index (χ1) is 5.24. The summed E-state index contributed by atoms with van der Waals surface area (Å²) in [7, 11) is 0. The Labute approximate surface area is 68.4 Å². The van der Waals surface area contributed by atoms with E-state index >= 15 is 0 Å². The Morgan fingerprint density at radius 3 is 2.64 bits per heavy atom. The lowest BCUT2D eigenvalue weighted by Crippen LogP contribution is -2.06. The molecule has 0 radical (unpaired) electrons. The topological polar surface area (TPSA) is 20.2 Å². The summed E-state index contributed by atoms with van der Waals surface area (Å²) >= 11 is 0. The van der Waals surface area contributed by atoms with Gasteiger partial charge in [-0.15, -0.1) is 0 Å². The smallest absolute Gasteiger partial charge is 0.0493 e. The molecule has 0 heterocycles. The first kappa shape index (κ1) is 8.54. The minimum Gasteiger partial charge on any atom is -0.396 e. The van der Waals surface area contributed by atoms with Gasteiger partial charge in [-0.25, -0.2) is 0 Å². The molecule has 0 spiro atoms. The van der Waals surface area contributed by atoms with Crippen molar-refractivity contribution >= 4 is 0 Å². The van der Waals surface area contributed by atoms with E-state index in [1.54, 1.807) is 0 Å². The summed E-state index contributed by atoms with van der Waals surface area (Å²) in [6, 6.07) is 0. The highest BCUT2D eigenvalue weighted by atomic mass is 16.3. The Balaban J connectivity index is 2.60. The molecule has 62 valence electrons. The SMILES string of the molecule is CC1=CC=C([C@H](C)CO)CC1. The van der Waals surface area contributed by atoms with E-state index in [1.807, 2.05) is 0 Å². The number of allylic oxidation sites excluding steroid dienone is 3. The highest BCUT2D eigenvalue weighted by Gasteiger charge is 2.09. The molecule has 0 saturated carbocycles. The van der Waals surface area contributed by atoms with Crippen LogP contribution in [0.25, 0.3) is 0 Å². The molecule has 1 heteroatoms.